The van der Waals surface area contributed by atoms with Crippen molar-refractivity contribution < 1.29 is 9.53 Å². The summed E-state index contributed by atoms with van der Waals surface area (Å²) in [6.45, 7) is 3.93. The van der Waals surface area contributed by atoms with Gasteiger partial charge in [-0.1, -0.05) is 6.92 Å². The summed E-state index contributed by atoms with van der Waals surface area (Å²) >= 11 is 0. The van der Waals surface area contributed by atoms with Gasteiger partial charge in [-0.15, -0.1) is 5.10 Å². The number of piperidine rings is 1. The summed E-state index contributed by atoms with van der Waals surface area (Å²) in [4.78, 5) is 31.6. The van der Waals surface area contributed by atoms with Gasteiger partial charge in [0.15, 0.2) is 0 Å². The molecule has 3 aromatic rings. The van der Waals surface area contributed by atoms with E-state index in [0.717, 1.165) is 30.0 Å². The Morgan fingerprint density at radius 1 is 1.28 bits per heavy atom. The molecule has 0 saturated carbocycles. The topological polar surface area (TPSA) is 93.8 Å². The molecule has 29 heavy (non-hydrogen) atoms. The Balaban J connectivity index is 1.50. The van der Waals surface area contributed by atoms with E-state index < -0.39 is 5.69 Å². The standard InChI is InChI=1S/C20H24N6O3/c1-14-4-3-10-24(12-14)17-9-11-25-19(22-17)23-26(20(25)28)13-18(27)21-15-5-7-16(29-2)8-6-15/h5-9,11,14H,3-4,10,12-13H2,1-2H3,(H,21,27)/t14-/m1/s1. The van der Waals surface area contributed by atoms with Crippen LogP contribution in [0.25, 0.3) is 5.78 Å². The van der Waals surface area contributed by atoms with Crippen molar-refractivity contribution in [2.75, 3.05) is 30.4 Å². The first kappa shape index (κ1) is 19.0. The Hall–Kier alpha value is -3.36. The van der Waals surface area contributed by atoms with Gasteiger partial charge in [-0.25, -0.2) is 13.9 Å². The van der Waals surface area contributed by atoms with Crippen LogP contribution in [0.4, 0.5) is 11.5 Å². The number of fused-ring (bicyclic) bond motifs is 1. The largest absolute Gasteiger partial charge is 0.497 e. The van der Waals surface area contributed by atoms with Crippen molar-refractivity contribution in [1.82, 2.24) is 19.2 Å². The van der Waals surface area contributed by atoms with Crippen molar-refractivity contribution in [3.8, 4) is 5.75 Å². The highest BCUT2D eigenvalue weighted by atomic mass is 16.5. The molecule has 1 N–H and O–H groups in total. The molecule has 0 radical (unpaired) electrons. The second kappa shape index (κ2) is 7.94. The lowest BCUT2D eigenvalue weighted by Crippen LogP contribution is -2.34. The van der Waals surface area contributed by atoms with Crippen LogP contribution in [0, 0.1) is 5.92 Å². The zero-order valence-electron chi connectivity index (χ0n) is 16.5. The number of rotatable bonds is 5. The monoisotopic (exact) mass is 396 g/mol. The molecule has 9 heteroatoms. The van der Waals surface area contributed by atoms with Gasteiger partial charge in [-0.05, 0) is 49.1 Å². The highest BCUT2D eigenvalue weighted by Gasteiger charge is 2.19. The Morgan fingerprint density at radius 2 is 2.07 bits per heavy atom. The summed E-state index contributed by atoms with van der Waals surface area (Å²) in [6, 6.07) is 8.79. The van der Waals surface area contributed by atoms with E-state index in [2.05, 4.69) is 27.2 Å². The van der Waals surface area contributed by atoms with Gasteiger partial charge < -0.3 is 15.0 Å². The van der Waals surface area contributed by atoms with E-state index in [0.29, 0.717) is 23.1 Å². The van der Waals surface area contributed by atoms with Crippen LogP contribution in [0.2, 0.25) is 0 Å². The maximum Gasteiger partial charge on any atom is 0.352 e. The fourth-order valence-corrected chi connectivity index (χ4v) is 3.58. The van der Waals surface area contributed by atoms with Gasteiger partial charge in [0, 0.05) is 25.0 Å². The smallest absolute Gasteiger partial charge is 0.352 e. The third-order valence-corrected chi connectivity index (χ3v) is 5.09. The van der Waals surface area contributed by atoms with Crippen LogP contribution in [0.1, 0.15) is 19.8 Å². The van der Waals surface area contributed by atoms with E-state index in [1.165, 1.54) is 10.8 Å². The molecule has 1 saturated heterocycles. The molecular weight excluding hydrogens is 372 g/mol. The number of methoxy groups -OCH3 is 1. The first-order valence-electron chi connectivity index (χ1n) is 9.68. The highest BCUT2D eigenvalue weighted by Crippen LogP contribution is 2.21. The average molecular weight is 396 g/mol. The van der Waals surface area contributed by atoms with Crippen LogP contribution in [-0.2, 0) is 11.3 Å². The van der Waals surface area contributed by atoms with Gasteiger partial charge in [0.1, 0.15) is 18.1 Å². The van der Waals surface area contributed by atoms with E-state index >= 15 is 0 Å². The summed E-state index contributed by atoms with van der Waals surface area (Å²) in [6.07, 6.45) is 4.01. The lowest BCUT2D eigenvalue weighted by atomic mass is 10.0. The molecule has 4 rings (SSSR count). The summed E-state index contributed by atoms with van der Waals surface area (Å²) in [5, 5.41) is 6.99. The summed E-state index contributed by atoms with van der Waals surface area (Å²) in [5.74, 6) is 2.07. The third kappa shape index (κ3) is 4.08. The lowest BCUT2D eigenvalue weighted by molar-refractivity contribution is -0.117. The van der Waals surface area contributed by atoms with Crippen molar-refractivity contribution in [2.24, 2.45) is 5.92 Å². The molecule has 1 atom stereocenters. The molecule has 1 amide bonds. The van der Waals surface area contributed by atoms with Crippen LogP contribution in [0.15, 0.2) is 41.3 Å². The summed E-state index contributed by atoms with van der Waals surface area (Å²) in [7, 11) is 1.58. The van der Waals surface area contributed by atoms with Gasteiger partial charge in [-0.3, -0.25) is 4.79 Å². The molecule has 0 unspecified atom stereocenters. The minimum absolute atomic E-state index is 0.190. The second-order valence-corrected chi connectivity index (χ2v) is 7.37. The summed E-state index contributed by atoms with van der Waals surface area (Å²) < 4.78 is 7.58. The second-order valence-electron chi connectivity index (χ2n) is 7.37. The van der Waals surface area contributed by atoms with Gasteiger partial charge in [0.25, 0.3) is 5.78 Å². The molecule has 9 nitrogen and oxygen atoms in total. The van der Waals surface area contributed by atoms with Gasteiger partial charge in [0.05, 0.1) is 7.11 Å². The minimum Gasteiger partial charge on any atom is -0.497 e. The van der Waals surface area contributed by atoms with Crippen molar-refractivity contribution in [3.63, 3.8) is 0 Å². The molecule has 0 bridgehead atoms. The molecule has 1 fully saturated rings. The van der Waals surface area contributed by atoms with E-state index in [9.17, 15) is 9.59 Å². The van der Waals surface area contributed by atoms with Crippen LogP contribution in [0.5, 0.6) is 5.75 Å². The average Bonchev–Trinajstić information content (AvgIpc) is 3.03. The molecule has 2 aromatic heterocycles. The van der Waals surface area contributed by atoms with Gasteiger partial charge in [0.2, 0.25) is 5.91 Å². The first-order chi connectivity index (χ1) is 14.0. The summed E-state index contributed by atoms with van der Waals surface area (Å²) in [5.41, 5.74) is 0.225. The maximum absolute atomic E-state index is 12.6. The van der Waals surface area contributed by atoms with Crippen LogP contribution < -0.4 is 20.6 Å². The maximum atomic E-state index is 12.6. The number of anilines is 2. The Labute approximate surface area is 167 Å². The van der Waals surface area contributed by atoms with Crippen molar-refractivity contribution >= 4 is 23.2 Å². The van der Waals surface area contributed by atoms with E-state index in [1.807, 2.05) is 6.07 Å². The van der Waals surface area contributed by atoms with Gasteiger partial charge in [-0.2, -0.15) is 4.98 Å². The minimum atomic E-state index is -0.393. The number of nitrogens with one attached hydrogen (secondary N) is 1. The third-order valence-electron chi connectivity index (χ3n) is 5.09. The zero-order chi connectivity index (χ0) is 20.4. The van der Waals surface area contributed by atoms with Crippen molar-refractivity contribution in [1.29, 1.82) is 0 Å². The molecule has 0 spiro atoms. The SMILES string of the molecule is COc1ccc(NC(=O)Cn2nc3nc(N4CCC[C@@H](C)C4)ccn3c2=O)cc1. The molecule has 0 aliphatic carbocycles. The fourth-order valence-electron chi connectivity index (χ4n) is 3.58. The number of amides is 1. The van der Waals surface area contributed by atoms with Crippen molar-refractivity contribution in [3.05, 3.63) is 47.0 Å². The fraction of sp³-hybridized carbons (Fsp3) is 0.400. The van der Waals surface area contributed by atoms with E-state index in [-0.39, 0.29) is 12.5 Å². The normalized spacial score (nSPS) is 16.8. The Kier molecular flexibility index (Phi) is 5.20. The quantitative estimate of drug-likeness (QED) is 0.707. The van der Waals surface area contributed by atoms with Crippen molar-refractivity contribution in [2.45, 2.75) is 26.3 Å². The molecule has 152 valence electrons. The molecule has 1 aliphatic rings. The van der Waals surface area contributed by atoms with Crippen LogP contribution in [-0.4, -0.2) is 45.3 Å². The number of ether oxygens (including phenoxy) is 1. The molecular formula is C20H24N6O3. The highest BCUT2D eigenvalue weighted by molar-refractivity contribution is 5.90. The predicted octanol–water partition coefficient (Wildman–Crippen LogP) is 1.77. The lowest BCUT2D eigenvalue weighted by Gasteiger charge is -2.31. The van der Waals surface area contributed by atoms with Crippen LogP contribution >= 0.6 is 0 Å². The Morgan fingerprint density at radius 3 is 2.79 bits per heavy atom. The molecule has 1 aromatic carbocycles. The number of hydrogen-bond acceptors (Lipinski definition) is 6. The number of aromatic nitrogens is 4. The number of hydrogen-bond donors (Lipinski definition) is 1. The zero-order valence-corrected chi connectivity index (χ0v) is 16.5. The van der Waals surface area contributed by atoms with E-state index in [4.69, 9.17) is 4.74 Å². The molecule has 1 aliphatic heterocycles. The number of benzene rings is 1. The Bertz CT molecular complexity index is 1070. The number of carbonyl (C=O) groups excluding carboxylic acids is 1. The molecule has 3 heterocycles. The first-order valence-corrected chi connectivity index (χ1v) is 9.68. The number of nitrogens with zero attached hydrogens (tertiary/aromatic N) is 5. The number of carbonyl (C=O) groups is 1. The van der Waals surface area contributed by atoms with E-state index in [1.54, 1.807) is 37.6 Å². The van der Waals surface area contributed by atoms with Gasteiger partial charge >= 0.3 is 5.69 Å². The van der Waals surface area contributed by atoms with Crippen LogP contribution in [0.3, 0.4) is 0 Å². The predicted molar refractivity (Wildman–Crippen MR) is 109 cm³/mol.